The Balaban J connectivity index is 2.28. The van der Waals surface area contributed by atoms with Gasteiger partial charge in [-0.25, -0.2) is 0 Å². The second kappa shape index (κ2) is 1.34. The van der Waals surface area contributed by atoms with E-state index in [4.69, 9.17) is 0 Å². The van der Waals surface area contributed by atoms with E-state index in [9.17, 15) is 0 Å². The molecule has 2 nitrogen and oxygen atoms in total. The number of aromatic nitrogens is 2. The van der Waals surface area contributed by atoms with Gasteiger partial charge in [0.1, 0.15) is 0 Å². The number of nitrogens with zero attached hydrogens (tertiary/aromatic N) is 2. The van der Waals surface area contributed by atoms with Crippen LogP contribution in [0.2, 0.25) is 0 Å². The fourth-order valence-corrected chi connectivity index (χ4v) is 0.767. The molecule has 0 atom stereocenters. The number of rotatable bonds is 1. The van der Waals surface area contributed by atoms with Crippen molar-refractivity contribution in [2.75, 3.05) is 0 Å². The predicted molar refractivity (Wildman–Crippen MR) is 29.3 cm³/mol. The van der Waals surface area contributed by atoms with E-state index in [1.54, 1.807) is 6.20 Å². The van der Waals surface area contributed by atoms with Gasteiger partial charge in [0.15, 0.2) is 0 Å². The third-order valence-corrected chi connectivity index (χ3v) is 1.37. The van der Waals surface area contributed by atoms with Crippen LogP contribution < -0.4 is 0 Å². The minimum absolute atomic E-state index is 0.685. The highest BCUT2D eigenvalue weighted by Crippen LogP contribution is 2.33. The quantitative estimate of drug-likeness (QED) is 0.524. The summed E-state index contributed by atoms with van der Waals surface area (Å²) in [5, 5.41) is 4.04. The summed E-state index contributed by atoms with van der Waals surface area (Å²) in [4.78, 5) is 0. The third-order valence-electron chi connectivity index (χ3n) is 1.37. The summed E-state index contributed by atoms with van der Waals surface area (Å²) in [5.41, 5.74) is 0. The van der Waals surface area contributed by atoms with Gasteiger partial charge in [0.25, 0.3) is 0 Å². The summed E-state index contributed by atoms with van der Waals surface area (Å²) in [6, 6.07) is 2.53. The SMILES string of the molecule is [c]1ccnn1C1CC1. The molecule has 2 rings (SSSR count). The normalized spacial score (nSPS) is 19.0. The Kier molecular flexibility index (Phi) is 0.692. The number of hydrogen-bond acceptors (Lipinski definition) is 1. The van der Waals surface area contributed by atoms with Gasteiger partial charge in [-0.2, -0.15) is 5.10 Å². The highest BCUT2D eigenvalue weighted by Gasteiger charge is 2.23. The molecule has 1 aliphatic carbocycles. The van der Waals surface area contributed by atoms with Crippen molar-refractivity contribution in [3.05, 3.63) is 18.5 Å². The first kappa shape index (κ1) is 4.13. The Labute approximate surface area is 48.1 Å². The van der Waals surface area contributed by atoms with E-state index in [0.717, 1.165) is 0 Å². The molecule has 8 heavy (non-hydrogen) atoms. The van der Waals surface area contributed by atoms with Crippen LogP contribution >= 0.6 is 0 Å². The molecular formula is C6H7N2. The number of hydrogen-bond donors (Lipinski definition) is 0. The highest BCUT2D eigenvalue weighted by atomic mass is 15.3. The summed E-state index contributed by atoms with van der Waals surface area (Å²) in [5.74, 6) is 0. The molecule has 0 unspecified atom stereocenters. The molecule has 0 amide bonds. The Morgan fingerprint density at radius 3 is 3.00 bits per heavy atom. The lowest BCUT2D eigenvalue weighted by Gasteiger charge is -1.90. The van der Waals surface area contributed by atoms with E-state index in [-0.39, 0.29) is 0 Å². The zero-order valence-corrected chi connectivity index (χ0v) is 4.54. The van der Waals surface area contributed by atoms with E-state index in [0.29, 0.717) is 6.04 Å². The highest BCUT2D eigenvalue weighted by molar-refractivity contribution is 4.85. The second-order valence-corrected chi connectivity index (χ2v) is 2.14. The molecule has 1 aromatic heterocycles. The molecule has 0 saturated heterocycles. The zero-order valence-electron chi connectivity index (χ0n) is 4.54. The lowest BCUT2D eigenvalue weighted by Crippen LogP contribution is -1.92. The van der Waals surface area contributed by atoms with Gasteiger partial charge in [0.2, 0.25) is 0 Å². The van der Waals surface area contributed by atoms with Crippen molar-refractivity contribution < 1.29 is 0 Å². The molecule has 1 aromatic rings. The summed E-state index contributed by atoms with van der Waals surface area (Å²) >= 11 is 0. The summed E-state index contributed by atoms with van der Waals surface area (Å²) in [6.45, 7) is 0. The molecule has 0 aromatic carbocycles. The van der Waals surface area contributed by atoms with E-state index < -0.39 is 0 Å². The molecule has 0 aliphatic heterocycles. The van der Waals surface area contributed by atoms with Crippen LogP contribution in [0.25, 0.3) is 0 Å². The Bertz CT molecular complexity index is 163. The molecule has 1 fully saturated rings. The first-order chi connectivity index (χ1) is 3.97. The maximum Gasteiger partial charge on any atom is 0.0866 e. The van der Waals surface area contributed by atoms with Crippen molar-refractivity contribution in [1.82, 2.24) is 9.78 Å². The van der Waals surface area contributed by atoms with Crippen LogP contribution in [-0.4, -0.2) is 9.78 Å². The fraction of sp³-hybridized carbons (Fsp3) is 0.500. The van der Waals surface area contributed by atoms with Crippen LogP contribution in [0.15, 0.2) is 12.3 Å². The van der Waals surface area contributed by atoms with E-state index in [1.807, 2.05) is 10.7 Å². The molecule has 1 heterocycles. The van der Waals surface area contributed by atoms with Crippen molar-refractivity contribution in [2.24, 2.45) is 0 Å². The average Bonchev–Trinajstić information content (AvgIpc) is 2.49. The van der Waals surface area contributed by atoms with Crippen LogP contribution in [-0.2, 0) is 0 Å². The molecule has 2 heteroatoms. The topological polar surface area (TPSA) is 17.8 Å². The first-order valence-corrected chi connectivity index (χ1v) is 2.88. The Morgan fingerprint density at radius 1 is 1.62 bits per heavy atom. The minimum atomic E-state index is 0.685. The zero-order chi connectivity index (χ0) is 5.40. The Hall–Kier alpha value is -0.790. The van der Waals surface area contributed by atoms with Gasteiger partial charge in [0, 0.05) is 6.20 Å². The van der Waals surface area contributed by atoms with E-state index in [2.05, 4.69) is 11.3 Å². The van der Waals surface area contributed by atoms with E-state index >= 15 is 0 Å². The summed E-state index contributed by atoms with van der Waals surface area (Å²) in [7, 11) is 0. The van der Waals surface area contributed by atoms with Crippen molar-refractivity contribution in [2.45, 2.75) is 18.9 Å². The van der Waals surface area contributed by atoms with Crippen LogP contribution in [0.1, 0.15) is 18.9 Å². The Morgan fingerprint density at radius 2 is 2.50 bits per heavy atom. The van der Waals surface area contributed by atoms with Crippen LogP contribution in [0.4, 0.5) is 0 Å². The van der Waals surface area contributed by atoms with Gasteiger partial charge >= 0.3 is 0 Å². The van der Waals surface area contributed by atoms with Crippen molar-refractivity contribution in [3.63, 3.8) is 0 Å². The molecular weight excluding hydrogens is 100 g/mol. The molecule has 0 bridgehead atoms. The molecule has 1 radical (unpaired) electrons. The summed E-state index contributed by atoms with van der Waals surface area (Å²) in [6.07, 6.45) is 7.36. The molecule has 0 spiro atoms. The van der Waals surface area contributed by atoms with Crippen molar-refractivity contribution in [1.29, 1.82) is 0 Å². The molecule has 41 valence electrons. The van der Waals surface area contributed by atoms with Crippen molar-refractivity contribution in [3.8, 4) is 0 Å². The second-order valence-electron chi connectivity index (χ2n) is 2.14. The van der Waals surface area contributed by atoms with Gasteiger partial charge in [-0.3, -0.25) is 4.68 Å². The third kappa shape index (κ3) is 0.529. The summed E-state index contributed by atoms with van der Waals surface area (Å²) < 4.78 is 1.90. The fourth-order valence-electron chi connectivity index (χ4n) is 0.767. The van der Waals surface area contributed by atoms with Crippen LogP contribution in [0.3, 0.4) is 0 Å². The average molecular weight is 107 g/mol. The van der Waals surface area contributed by atoms with Gasteiger partial charge in [0.05, 0.1) is 12.2 Å². The van der Waals surface area contributed by atoms with Crippen molar-refractivity contribution >= 4 is 0 Å². The molecule has 1 aliphatic rings. The lowest BCUT2D eigenvalue weighted by atomic mass is 10.7. The van der Waals surface area contributed by atoms with Gasteiger partial charge in [-0.05, 0) is 18.9 Å². The van der Waals surface area contributed by atoms with E-state index in [1.165, 1.54) is 12.8 Å². The predicted octanol–water partition coefficient (Wildman–Crippen LogP) is 1.02. The van der Waals surface area contributed by atoms with Crippen LogP contribution in [0.5, 0.6) is 0 Å². The smallest absolute Gasteiger partial charge is 0.0866 e. The lowest BCUT2D eigenvalue weighted by molar-refractivity contribution is 0.637. The van der Waals surface area contributed by atoms with Gasteiger partial charge in [-0.1, -0.05) is 0 Å². The molecule has 1 saturated carbocycles. The standard InChI is InChI=1S/C6H7N2/c1-4-7-8(5-1)6-2-3-6/h1,4,6H,2-3H2. The first-order valence-electron chi connectivity index (χ1n) is 2.88. The maximum absolute atomic E-state index is 4.04. The maximum atomic E-state index is 4.04. The van der Waals surface area contributed by atoms with Gasteiger partial charge < -0.3 is 0 Å². The minimum Gasteiger partial charge on any atom is -0.260 e. The monoisotopic (exact) mass is 107 g/mol. The van der Waals surface area contributed by atoms with Gasteiger partial charge in [-0.15, -0.1) is 0 Å². The molecule has 0 N–H and O–H groups in total. The van der Waals surface area contributed by atoms with Crippen LogP contribution in [0, 0.1) is 6.20 Å². The largest absolute Gasteiger partial charge is 0.260 e.